The fraction of sp³-hybridized carbons (Fsp3) is 0.375. The summed E-state index contributed by atoms with van der Waals surface area (Å²) in [7, 11) is 1.70. The van der Waals surface area contributed by atoms with Crippen molar-refractivity contribution in [3.63, 3.8) is 0 Å². The molecule has 0 radical (unpaired) electrons. The molecule has 1 amide bonds. The summed E-state index contributed by atoms with van der Waals surface area (Å²) in [6.07, 6.45) is 3.06. The lowest BCUT2D eigenvalue weighted by Gasteiger charge is -2.36. The Morgan fingerprint density at radius 2 is 1.76 bits per heavy atom. The van der Waals surface area contributed by atoms with Gasteiger partial charge in [0.2, 0.25) is 0 Å². The summed E-state index contributed by atoms with van der Waals surface area (Å²) in [6, 6.07) is 10.2. The Bertz CT molecular complexity index is 986. The predicted molar refractivity (Wildman–Crippen MR) is 111 cm³/mol. The highest BCUT2D eigenvalue weighted by Gasteiger charge is 2.48. The molecule has 1 fully saturated rings. The average molecular weight is 395 g/mol. The monoisotopic (exact) mass is 395 g/mol. The first-order valence-electron chi connectivity index (χ1n) is 10.0. The van der Waals surface area contributed by atoms with Gasteiger partial charge >= 0.3 is 0 Å². The van der Waals surface area contributed by atoms with E-state index in [9.17, 15) is 14.3 Å². The van der Waals surface area contributed by atoms with Gasteiger partial charge in [0, 0.05) is 7.11 Å². The molecule has 1 heterocycles. The summed E-state index contributed by atoms with van der Waals surface area (Å²) in [5.41, 5.74) is 4.03. The number of nitrogens with one attached hydrogen (secondary N) is 1. The Labute approximate surface area is 170 Å². The van der Waals surface area contributed by atoms with E-state index in [-0.39, 0.29) is 23.6 Å². The molecule has 2 aromatic carbocycles. The number of ether oxygens (including phenoxy) is 1. The van der Waals surface area contributed by atoms with Gasteiger partial charge in [-0.15, -0.1) is 0 Å². The van der Waals surface area contributed by atoms with Gasteiger partial charge in [0.1, 0.15) is 11.6 Å². The summed E-state index contributed by atoms with van der Waals surface area (Å²) >= 11 is 0. The molecule has 1 spiro atoms. The first-order chi connectivity index (χ1) is 13.9. The van der Waals surface area contributed by atoms with Gasteiger partial charge in [-0.3, -0.25) is 4.79 Å². The molecule has 29 heavy (non-hydrogen) atoms. The Kier molecular flexibility index (Phi) is 4.95. The van der Waals surface area contributed by atoms with Gasteiger partial charge in [-0.2, -0.15) is 0 Å². The largest absolute Gasteiger partial charge is 0.509 e. The fourth-order valence-electron chi connectivity index (χ4n) is 4.77. The van der Waals surface area contributed by atoms with Crippen LogP contribution in [0.25, 0.3) is 16.7 Å². The molecule has 2 N–H and O–H groups in total. The molecule has 1 saturated carbocycles. The van der Waals surface area contributed by atoms with E-state index in [0.29, 0.717) is 18.4 Å². The van der Waals surface area contributed by atoms with Crippen molar-refractivity contribution >= 4 is 11.5 Å². The molecule has 0 unspecified atom stereocenters. The van der Waals surface area contributed by atoms with E-state index < -0.39 is 5.54 Å². The number of hydrogen-bond donors (Lipinski definition) is 2. The Morgan fingerprint density at radius 3 is 2.38 bits per heavy atom. The number of aliphatic hydroxyl groups is 1. The van der Waals surface area contributed by atoms with E-state index in [1.165, 1.54) is 12.1 Å². The molecule has 152 valence electrons. The van der Waals surface area contributed by atoms with Crippen molar-refractivity contribution in [2.75, 3.05) is 7.11 Å². The summed E-state index contributed by atoms with van der Waals surface area (Å²) < 4.78 is 18.8. The minimum Gasteiger partial charge on any atom is -0.509 e. The number of halogens is 1. The molecule has 2 aromatic rings. The van der Waals surface area contributed by atoms with Crippen LogP contribution >= 0.6 is 0 Å². The van der Waals surface area contributed by atoms with Gasteiger partial charge < -0.3 is 15.2 Å². The minimum atomic E-state index is -0.702. The number of hydrogen-bond acceptors (Lipinski definition) is 3. The quantitative estimate of drug-likeness (QED) is 0.782. The fourth-order valence-corrected chi connectivity index (χ4v) is 4.77. The van der Waals surface area contributed by atoms with Crippen molar-refractivity contribution in [1.29, 1.82) is 0 Å². The lowest BCUT2D eigenvalue weighted by atomic mass is 9.78. The normalized spacial score (nSPS) is 24.3. The molecule has 2 aliphatic rings. The number of carbonyl (C=O) groups excluding carboxylic acids is 1. The van der Waals surface area contributed by atoms with Crippen molar-refractivity contribution in [3.8, 4) is 11.1 Å². The third-order valence-electron chi connectivity index (χ3n) is 6.47. The highest BCUT2D eigenvalue weighted by Crippen LogP contribution is 2.44. The van der Waals surface area contributed by atoms with Crippen molar-refractivity contribution in [1.82, 2.24) is 5.32 Å². The van der Waals surface area contributed by atoms with Crippen LogP contribution in [0.1, 0.15) is 42.4 Å². The van der Waals surface area contributed by atoms with Crippen LogP contribution < -0.4 is 5.32 Å². The number of aliphatic hydroxyl groups excluding tert-OH is 1. The topological polar surface area (TPSA) is 58.6 Å². The number of benzene rings is 2. The van der Waals surface area contributed by atoms with Gasteiger partial charge in [0.15, 0.2) is 0 Å². The van der Waals surface area contributed by atoms with E-state index in [2.05, 4.69) is 5.32 Å². The number of amides is 1. The maximum atomic E-state index is 13.3. The second-order valence-corrected chi connectivity index (χ2v) is 8.13. The SMILES string of the molecule is COC1CCC2(CC1)NC(=O)C(c1c(C)ccc(-c3ccc(F)cc3)c1C)=C2O. The molecule has 0 aromatic heterocycles. The summed E-state index contributed by atoms with van der Waals surface area (Å²) in [6.45, 7) is 3.89. The van der Waals surface area contributed by atoms with Gasteiger partial charge in [-0.05, 0) is 79.5 Å². The van der Waals surface area contributed by atoms with Crippen molar-refractivity contribution in [3.05, 3.63) is 64.7 Å². The first-order valence-corrected chi connectivity index (χ1v) is 10.0. The zero-order valence-corrected chi connectivity index (χ0v) is 17.0. The molecule has 1 aliphatic heterocycles. The molecule has 0 saturated heterocycles. The summed E-state index contributed by atoms with van der Waals surface area (Å²) in [4.78, 5) is 13.0. The van der Waals surface area contributed by atoms with Crippen LogP contribution in [0.5, 0.6) is 0 Å². The van der Waals surface area contributed by atoms with Crippen LogP contribution in [0.4, 0.5) is 4.39 Å². The number of methoxy groups -OCH3 is 1. The number of aryl methyl sites for hydroxylation is 1. The van der Waals surface area contributed by atoms with Crippen LogP contribution in [0.3, 0.4) is 0 Å². The van der Waals surface area contributed by atoms with E-state index in [0.717, 1.165) is 40.7 Å². The van der Waals surface area contributed by atoms with Crippen molar-refractivity contribution < 1.29 is 19.0 Å². The second kappa shape index (κ2) is 7.30. The van der Waals surface area contributed by atoms with Crippen LogP contribution in [0.15, 0.2) is 42.2 Å². The molecular formula is C24H26FNO3. The van der Waals surface area contributed by atoms with E-state index in [1.54, 1.807) is 19.2 Å². The van der Waals surface area contributed by atoms with E-state index >= 15 is 0 Å². The van der Waals surface area contributed by atoms with Gasteiger partial charge in [0.05, 0.1) is 17.2 Å². The standard InChI is InChI=1S/C24H26FNO3/c1-14-4-9-19(16-5-7-17(25)8-6-16)15(2)20(14)21-22(27)24(26-23(21)28)12-10-18(29-3)11-13-24/h4-9,18,27H,10-13H2,1-3H3,(H,26,28). The molecule has 5 heteroatoms. The lowest BCUT2D eigenvalue weighted by molar-refractivity contribution is -0.116. The van der Waals surface area contributed by atoms with Crippen LogP contribution in [0.2, 0.25) is 0 Å². The molecule has 0 atom stereocenters. The van der Waals surface area contributed by atoms with Gasteiger partial charge in [-0.25, -0.2) is 4.39 Å². The van der Waals surface area contributed by atoms with Crippen LogP contribution in [0, 0.1) is 19.7 Å². The Balaban J connectivity index is 1.80. The third kappa shape index (κ3) is 3.23. The third-order valence-corrected chi connectivity index (χ3v) is 6.47. The maximum absolute atomic E-state index is 13.3. The van der Waals surface area contributed by atoms with Crippen molar-refractivity contribution in [2.45, 2.75) is 51.2 Å². The summed E-state index contributed by atoms with van der Waals surface area (Å²) in [5, 5.41) is 14.3. The van der Waals surface area contributed by atoms with Gasteiger partial charge in [-0.1, -0.05) is 24.3 Å². The van der Waals surface area contributed by atoms with E-state index in [4.69, 9.17) is 4.74 Å². The predicted octanol–water partition coefficient (Wildman–Crippen LogP) is 4.84. The Hall–Kier alpha value is -2.66. The first kappa shape index (κ1) is 19.6. The second-order valence-electron chi connectivity index (χ2n) is 8.13. The summed E-state index contributed by atoms with van der Waals surface area (Å²) in [5.74, 6) is -0.386. The number of carbonyl (C=O) groups is 1. The van der Waals surface area contributed by atoms with E-state index in [1.807, 2.05) is 26.0 Å². The Morgan fingerprint density at radius 1 is 1.10 bits per heavy atom. The molecule has 4 nitrogen and oxygen atoms in total. The zero-order chi connectivity index (χ0) is 20.8. The van der Waals surface area contributed by atoms with Crippen molar-refractivity contribution in [2.24, 2.45) is 0 Å². The van der Waals surface area contributed by atoms with Crippen LogP contribution in [-0.4, -0.2) is 29.8 Å². The maximum Gasteiger partial charge on any atom is 0.256 e. The van der Waals surface area contributed by atoms with Gasteiger partial charge in [0.25, 0.3) is 5.91 Å². The molecule has 1 aliphatic carbocycles. The molecule has 4 rings (SSSR count). The molecular weight excluding hydrogens is 369 g/mol. The molecule has 0 bridgehead atoms. The van der Waals surface area contributed by atoms with Crippen LogP contribution in [-0.2, 0) is 9.53 Å². The lowest BCUT2D eigenvalue weighted by Crippen LogP contribution is -2.48. The highest BCUT2D eigenvalue weighted by molar-refractivity contribution is 6.24. The number of rotatable bonds is 3. The zero-order valence-electron chi connectivity index (χ0n) is 17.0. The smallest absolute Gasteiger partial charge is 0.256 e. The highest BCUT2D eigenvalue weighted by atomic mass is 19.1. The minimum absolute atomic E-state index is 0.138. The average Bonchev–Trinajstić information content (AvgIpc) is 2.94.